The molecule has 7 nitrogen and oxygen atoms in total. The Balaban J connectivity index is 1.59. The van der Waals surface area contributed by atoms with Crippen molar-refractivity contribution in [1.29, 1.82) is 0 Å². The Morgan fingerprint density at radius 1 is 1.25 bits per heavy atom. The van der Waals surface area contributed by atoms with Gasteiger partial charge in [0.25, 0.3) is 0 Å². The number of amides is 1. The zero-order chi connectivity index (χ0) is 20.5. The van der Waals surface area contributed by atoms with E-state index in [1.54, 1.807) is 0 Å². The number of carbonyl (C=O) groups excluding carboxylic acids is 1. The van der Waals surface area contributed by atoms with Crippen molar-refractivity contribution >= 4 is 15.7 Å². The number of rotatable bonds is 6. The zero-order valence-electron chi connectivity index (χ0n) is 17.6. The van der Waals surface area contributed by atoms with E-state index in [0.717, 1.165) is 23.4 Å². The van der Waals surface area contributed by atoms with Crippen molar-refractivity contribution in [1.82, 2.24) is 20.0 Å². The lowest BCUT2D eigenvalue weighted by molar-refractivity contribution is -0.123. The third-order valence-electron chi connectivity index (χ3n) is 6.33. The summed E-state index contributed by atoms with van der Waals surface area (Å²) < 4.78 is 25.5. The molecule has 1 saturated heterocycles. The number of nitrogens with zero attached hydrogens (tertiary/aromatic N) is 3. The van der Waals surface area contributed by atoms with Gasteiger partial charge in [-0.2, -0.15) is 5.10 Å². The van der Waals surface area contributed by atoms with Crippen LogP contribution in [0, 0.1) is 19.8 Å². The monoisotopic (exact) mass is 410 g/mol. The molecule has 1 aliphatic heterocycles. The molecule has 2 heterocycles. The van der Waals surface area contributed by atoms with Gasteiger partial charge in [0, 0.05) is 23.8 Å². The minimum Gasteiger partial charge on any atom is -0.352 e. The van der Waals surface area contributed by atoms with Crippen LogP contribution < -0.4 is 5.32 Å². The largest absolute Gasteiger partial charge is 0.352 e. The Labute approximate surface area is 168 Å². The molecule has 1 amide bonds. The van der Waals surface area contributed by atoms with Gasteiger partial charge in [0.2, 0.25) is 5.91 Å². The fourth-order valence-electron chi connectivity index (χ4n) is 4.60. The Morgan fingerprint density at radius 2 is 1.96 bits per heavy atom. The standard InChI is InChI=1S/C20H34N4O3S/c1-14-7-5-6-8-19(14)21-20(25)12-23(4)11-18-15(2)22-24(16(18)3)17-9-10-28(26,27)13-17/h14,17,19H,5-13H2,1-4H3,(H,21,25)/t14-,17-,19+/m0/s1. The lowest BCUT2D eigenvalue weighted by Crippen LogP contribution is -2.44. The molecule has 2 fully saturated rings. The van der Waals surface area contributed by atoms with Gasteiger partial charge in [0.1, 0.15) is 0 Å². The van der Waals surface area contributed by atoms with Crippen LogP contribution >= 0.6 is 0 Å². The van der Waals surface area contributed by atoms with Crippen molar-refractivity contribution in [3.63, 3.8) is 0 Å². The third kappa shape index (κ3) is 4.95. The smallest absolute Gasteiger partial charge is 0.234 e. The Hall–Kier alpha value is -1.41. The first-order chi connectivity index (χ1) is 13.2. The van der Waals surface area contributed by atoms with Crippen molar-refractivity contribution in [2.24, 2.45) is 5.92 Å². The molecule has 1 saturated carbocycles. The second kappa shape index (κ2) is 8.53. The quantitative estimate of drug-likeness (QED) is 0.775. The molecular weight excluding hydrogens is 376 g/mol. The maximum atomic E-state index is 12.5. The SMILES string of the molecule is Cc1nn([C@H]2CCS(=O)(=O)C2)c(C)c1CN(C)CC(=O)N[C@@H]1CCCC[C@@H]1C. The highest BCUT2D eigenvalue weighted by atomic mass is 32.2. The lowest BCUT2D eigenvalue weighted by Gasteiger charge is -2.30. The normalized spacial score (nSPS) is 27.2. The molecule has 0 radical (unpaired) electrons. The number of nitrogens with one attached hydrogen (secondary N) is 1. The van der Waals surface area contributed by atoms with Gasteiger partial charge in [0.05, 0.1) is 29.8 Å². The van der Waals surface area contributed by atoms with Crippen LogP contribution in [-0.4, -0.2) is 60.1 Å². The Bertz CT molecular complexity index is 818. The molecule has 1 aromatic rings. The summed E-state index contributed by atoms with van der Waals surface area (Å²) in [6.07, 6.45) is 5.35. The van der Waals surface area contributed by atoms with Crippen molar-refractivity contribution in [3.8, 4) is 0 Å². The van der Waals surface area contributed by atoms with Gasteiger partial charge >= 0.3 is 0 Å². The minimum absolute atomic E-state index is 0.0705. The van der Waals surface area contributed by atoms with Crippen LogP contribution in [0.2, 0.25) is 0 Å². The first kappa shape index (κ1) is 21.3. The molecule has 158 valence electrons. The van der Waals surface area contributed by atoms with Crippen LogP contribution in [0.15, 0.2) is 0 Å². The molecule has 0 unspecified atom stereocenters. The predicted molar refractivity (Wildman–Crippen MR) is 110 cm³/mol. The molecule has 0 spiro atoms. The number of sulfone groups is 1. The third-order valence-corrected chi connectivity index (χ3v) is 8.08. The van der Waals surface area contributed by atoms with E-state index in [1.165, 1.54) is 19.3 Å². The second-order valence-electron chi connectivity index (χ2n) is 8.76. The molecule has 28 heavy (non-hydrogen) atoms. The van der Waals surface area contributed by atoms with E-state index in [0.29, 0.717) is 31.5 Å². The average molecular weight is 411 g/mol. The van der Waals surface area contributed by atoms with Gasteiger partial charge in [0.15, 0.2) is 9.84 Å². The lowest BCUT2D eigenvalue weighted by atomic mass is 9.86. The summed E-state index contributed by atoms with van der Waals surface area (Å²) in [5.41, 5.74) is 3.01. The predicted octanol–water partition coefficient (Wildman–Crippen LogP) is 1.99. The van der Waals surface area contributed by atoms with E-state index in [9.17, 15) is 13.2 Å². The fourth-order valence-corrected chi connectivity index (χ4v) is 6.30. The molecule has 2 aliphatic rings. The van der Waals surface area contributed by atoms with Gasteiger partial charge in [-0.15, -0.1) is 0 Å². The summed E-state index contributed by atoms with van der Waals surface area (Å²) in [6, 6.07) is 0.226. The van der Waals surface area contributed by atoms with Crippen molar-refractivity contribution in [2.75, 3.05) is 25.1 Å². The first-order valence-corrected chi connectivity index (χ1v) is 12.2. The summed E-state index contributed by atoms with van der Waals surface area (Å²) in [4.78, 5) is 14.5. The van der Waals surface area contributed by atoms with Crippen LogP contribution in [0.1, 0.15) is 62.0 Å². The molecule has 0 aromatic carbocycles. The summed E-state index contributed by atoms with van der Waals surface area (Å²) in [7, 11) is -1.00. The van der Waals surface area contributed by atoms with Crippen LogP contribution in [0.4, 0.5) is 0 Å². The summed E-state index contributed by atoms with van der Waals surface area (Å²) in [5, 5.41) is 7.82. The number of aryl methyl sites for hydroxylation is 1. The maximum absolute atomic E-state index is 12.5. The van der Waals surface area contributed by atoms with Crippen LogP contribution in [0.3, 0.4) is 0 Å². The van der Waals surface area contributed by atoms with E-state index in [4.69, 9.17) is 0 Å². The Morgan fingerprint density at radius 3 is 2.61 bits per heavy atom. The molecular formula is C20H34N4O3S. The molecule has 1 aromatic heterocycles. The number of hydrogen-bond donors (Lipinski definition) is 1. The van der Waals surface area contributed by atoms with E-state index in [-0.39, 0.29) is 23.5 Å². The van der Waals surface area contributed by atoms with Crippen LogP contribution in [0.25, 0.3) is 0 Å². The van der Waals surface area contributed by atoms with E-state index < -0.39 is 9.84 Å². The Kier molecular flexibility index (Phi) is 6.49. The highest BCUT2D eigenvalue weighted by Gasteiger charge is 2.31. The van der Waals surface area contributed by atoms with Crippen molar-refractivity contribution < 1.29 is 13.2 Å². The highest BCUT2D eigenvalue weighted by Crippen LogP contribution is 2.27. The number of carbonyl (C=O) groups is 1. The highest BCUT2D eigenvalue weighted by molar-refractivity contribution is 7.91. The number of likely N-dealkylation sites (N-methyl/N-ethyl adjacent to an activating group) is 1. The summed E-state index contributed by atoms with van der Waals surface area (Å²) in [6.45, 7) is 7.16. The van der Waals surface area contributed by atoms with Gasteiger partial charge < -0.3 is 5.32 Å². The van der Waals surface area contributed by atoms with E-state index in [1.807, 2.05) is 30.5 Å². The number of hydrogen-bond acceptors (Lipinski definition) is 5. The summed E-state index contributed by atoms with van der Waals surface area (Å²) in [5.74, 6) is 1.04. The van der Waals surface area contributed by atoms with Crippen LogP contribution in [0.5, 0.6) is 0 Å². The van der Waals surface area contributed by atoms with Crippen molar-refractivity contribution in [3.05, 3.63) is 17.0 Å². The topological polar surface area (TPSA) is 84.3 Å². The van der Waals surface area contributed by atoms with Gasteiger partial charge in [-0.05, 0) is 46.1 Å². The first-order valence-electron chi connectivity index (χ1n) is 10.4. The van der Waals surface area contributed by atoms with E-state index >= 15 is 0 Å². The van der Waals surface area contributed by atoms with Crippen molar-refractivity contribution in [2.45, 2.75) is 71.5 Å². The molecule has 0 bridgehead atoms. The molecule has 3 atom stereocenters. The summed E-state index contributed by atoms with van der Waals surface area (Å²) >= 11 is 0. The molecule has 3 rings (SSSR count). The van der Waals surface area contributed by atoms with Gasteiger partial charge in [-0.25, -0.2) is 8.42 Å². The maximum Gasteiger partial charge on any atom is 0.234 e. The molecule has 8 heteroatoms. The van der Waals surface area contributed by atoms with Gasteiger partial charge in [-0.3, -0.25) is 14.4 Å². The number of aromatic nitrogens is 2. The zero-order valence-corrected chi connectivity index (χ0v) is 18.4. The molecule has 1 N–H and O–H groups in total. The van der Waals surface area contributed by atoms with E-state index in [2.05, 4.69) is 17.3 Å². The van der Waals surface area contributed by atoms with Crippen LogP contribution in [-0.2, 0) is 21.2 Å². The van der Waals surface area contributed by atoms with Gasteiger partial charge in [-0.1, -0.05) is 19.8 Å². The fraction of sp³-hybridized carbons (Fsp3) is 0.800. The minimum atomic E-state index is -2.95. The molecule has 1 aliphatic carbocycles. The second-order valence-corrected chi connectivity index (χ2v) is 11.0. The average Bonchev–Trinajstić information content (AvgIpc) is 3.10.